The van der Waals surface area contributed by atoms with Crippen LogP contribution in [0, 0.1) is 0 Å². The molecular weight excluding hydrogens is 391 g/mol. The fraction of sp³-hybridized carbons (Fsp3) is 0.562. The van der Waals surface area contributed by atoms with Crippen molar-refractivity contribution in [2.45, 2.75) is 44.6 Å². The van der Waals surface area contributed by atoms with Gasteiger partial charge >= 0.3 is 12.3 Å². The third-order valence-electron chi connectivity index (χ3n) is 3.65. The fourth-order valence-corrected chi connectivity index (χ4v) is 3.89. The average Bonchev–Trinajstić information content (AvgIpc) is 2.42. The number of carbonyl (C=O) groups excluding carboxylic acids is 1. The van der Waals surface area contributed by atoms with Crippen molar-refractivity contribution in [1.29, 1.82) is 0 Å². The first-order valence-electron chi connectivity index (χ1n) is 7.92. The van der Waals surface area contributed by atoms with Gasteiger partial charge < -0.3 is 14.6 Å². The van der Waals surface area contributed by atoms with Crippen LogP contribution in [0.1, 0.15) is 38.3 Å². The number of ether oxygens (including phenoxy) is 2. The summed E-state index contributed by atoms with van der Waals surface area (Å²) in [7, 11) is -4.34. The van der Waals surface area contributed by atoms with E-state index in [-0.39, 0.29) is 24.3 Å². The Morgan fingerprint density at radius 2 is 1.96 bits per heavy atom. The van der Waals surface area contributed by atoms with Crippen LogP contribution in [0.4, 0.5) is 18.0 Å². The monoisotopic (exact) mass is 411 g/mol. The highest BCUT2D eigenvalue weighted by Gasteiger charge is 2.42. The summed E-state index contributed by atoms with van der Waals surface area (Å²) >= 11 is 0. The highest BCUT2D eigenvalue weighted by molar-refractivity contribution is 7.90. The van der Waals surface area contributed by atoms with Gasteiger partial charge in [-0.2, -0.15) is 13.2 Å². The highest BCUT2D eigenvalue weighted by atomic mass is 32.2. The first-order chi connectivity index (χ1) is 12.1. The summed E-state index contributed by atoms with van der Waals surface area (Å²) in [5.41, 5.74) is -4.04. The molecule has 1 aliphatic heterocycles. The number of sulfonamides is 1. The van der Waals surface area contributed by atoms with Crippen LogP contribution < -0.4 is 9.46 Å². The third-order valence-corrected chi connectivity index (χ3v) is 4.99. The Hall–Kier alpha value is -2.01. The average molecular weight is 411 g/mol. The molecule has 2 rings (SSSR count). The number of hydrogen-bond donors (Lipinski definition) is 2. The van der Waals surface area contributed by atoms with Crippen LogP contribution in [0.5, 0.6) is 5.75 Å². The topological polar surface area (TPSA) is 102 Å². The Kier molecular flexibility index (Phi) is 5.41. The zero-order valence-electron chi connectivity index (χ0n) is 14.9. The van der Waals surface area contributed by atoms with E-state index in [2.05, 4.69) is 0 Å². The first kappa shape index (κ1) is 21.3. The van der Waals surface area contributed by atoms with E-state index in [0.29, 0.717) is 6.07 Å². The summed E-state index contributed by atoms with van der Waals surface area (Å²) in [4.78, 5) is 11.7. The van der Waals surface area contributed by atoms with Crippen molar-refractivity contribution >= 4 is 16.1 Å². The van der Waals surface area contributed by atoms with E-state index in [0.717, 1.165) is 12.1 Å². The molecule has 0 fully saturated rings. The van der Waals surface area contributed by atoms with Crippen molar-refractivity contribution in [3.8, 4) is 5.75 Å². The minimum absolute atomic E-state index is 0.101. The molecule has 1 unspecified atom stereocenters. The third kappa shape index (κ3) is 5.48. The lowest BCUT2D eigenvalue weighted by Crippen LogP contribution is -2.45. The van der Waals surface area contributed by atoms with E-state index in [1.807, 2.05) is 0 Å². The Labute approximate surface area is 154 Å². The largest absolute Gasteiger partial charge is 0.493 e. The second-order valence-corrected chi connectivity index (χ2v) is 8.92. The van der Waals surface area contributed by atoms with Crippen molar-refractivity contribution in [2.75, 3.05) is 12.4 Å². The molecule has 152 valence electrons. The molecule has 1 aliphatic rings. The lowest BCUT2D eigenvalue weighted by molar-refractivity contribution is -0.137. The van der Waals surface area contributed by atoms with Crippen LogP contribution in [0.15, 0.2) is 18.2 Å². The summed E-state index contributed by atoms with van der Waals surface area (Å²) < 4.78 is 74.7. The van der Waals surface area contributed by atoms with Crippen molar-refractivity contribution in [2.24, 2.45) is 0 Å². The number of nitrogens with one attached hydrogen (secondary N) is 1. The van der Waals surface area contributed by atoms with Gasteiger partial charge in [0, 0.05) is 12.0 Å². The van der Waals surface area contributed by atoms with E-state index < -0.39 is 44.8 Å². The number of alkyl halides is 3. The quantitative estimate of drug-likeness (QED) is 0.793. The molecule has 1 heterocycles. The van der Waals surface area contributed by atoms with Crippen molar-refractivity contribution in [3.63, 3.8) is 0 Å². The zero-order chi connectivity index (χ0) is 20.7. The minimum Gasteiger partial charge on any atom is -0.493 e. The molecule has 0 aliphatic carbocycles. The van der Waals surface area contributed by atoms with E-state index in [1.165, 1.54) is 0 Å². The summed E-state index contributed by atoms with van der Waals surface area (Å²) in [6.07, 6.45) is -6.01. The van der Waals surface area contributed by atoms with Gasteiger partial charge in [0.25, 0.3) is 0 Å². The summed E-state index contributed by atoms with van der Waals surface area (Å²) in [5, 5.41) is 10.8. The van der Waals surface area contributed by atoms with Crippen LogP contribution >= 0.6 is 0 Å². The molecule has 1 aromatic rings. The Morgan fingerprint density at radius 3 is 2.52 bits per heavy atom. The van der Waals surface area contributed by atoms with E-state index >= 15 is 0 Å². The molecule has 1 amide bonds. The molecule has 27 heavy (non-hydrogen) atoms. The van der Waals surface area contributed by atoms with Crippen LogP contribution in [0.2, 0.25) is 0 Å². The predicted octanol–water partition coefficient (Wildman–Crippen LogP) is 2.53. The maximum Gasteiger partial charge on any atom is 0.421 e. The molecule has 7 nitrogen and oxygen atoms in total. The predicted molar refractivity (Wildman–Crippen MR) is 88.6 cm³/mol. The lowest BCUT2D eigenvalue weighted by Gasteiger charge is -2.34. The van der Waals surface area contributed by atoms with Crippen LogP contribution in [-0.2, 0) is 26.5 Å². The number of amides is 1. The molecule has 0 aromatic heterocycles. The SMILES string of the molecule is CC(C)(C)OC(=O)NS(=O)(=O)CC1(O)CCOc2cc(C(F)(F)F)ccc21. The second-order valence-electron chi connectivity index (χ2n) is 7.20. The van der Waals surface area contributed by atoms with Gasteiger partial charge in [0.2, 0.25) is 10.0 Å². The smallest absolute Gasteiger partial charge is 0.421 e. The van der Waals surface area contributed by atoms with Crippen LogP contribution in [-0.4, -0.2) is 37.6 Å². The molecule has 0 bridgehead atoms. The van der Waals surface area contributed by atoms with Gasteiger partial charge in [-0.15, -0.1) is 0 Å². The van der Waals surface area contributed by atoms with Gasteiger partial charge in [-0.1, -0.05) is 6.07 Å². The molecule has 0 radical (unpaired) electrons. The van der Waals surface area contributed by atoms with E-state index in [4.69, 9.17) is 9.47 Å². The first-order valence-corrected chi connectivity index (χ1v) is 9.57. The Bertz CT molecular complexity index is 832. The molecule has 11 heteroatoms. The van der Waals surface area contributed by atoms with Crippen molar-refractivity contribution in [1.82, 2.24) is 4.72 Å². The second kappa shape index (κ2) is 6.86. The lowest BCUT2D eigenvalue weighted by atomic mass is 9.89. The number of halogens is 3. The summed E-state index contributed by atoms with van der Waals surface area (Å²) in [6, 6.07) is 2.40. The standard InChI is InChI=1S/C16H20F3NO6S/c1-14(2,3)26-13(21)20-27(23,24)9-15(22)6-7-25-12-8-10(16(17,18)19)4-5-11(12)15/h4-5,8,22H,6-7,9H2,1-3H3,(H,20,21). The summed E-state index contributed by atoms with van der Waals surface area (Å²) in [6.45, 7) is 4.44. The number of hydrogen-bond acceptors (Lipinski definition) is 6. The molecule has 0 saturated carbocycles. The van der Waals surface area contributed by atoms with Crippen LogP contribution in [0.3, 0.4) is 0 Å². The Morgan fingerprint density at radius 1 is 1.33 bits per heavy atom. The molecule has 0 spiro atoms. The van der Waals surface area contributed by atoms with Gasteiger partial charge in [0.05, 0.1) is 12.2 Å². The fourth-order valence-electron chi connectivity index (χ4n) is 2.59. The van der Waals surface area contributed by atoms with Gasteiger partial charge in [-0.25, -0.2) is 17.9 Å². The number of benzene rings is 1. The number of rotatable bonds is 3. The van der Waals surface area contributed by atoms with Crippen LogP contribution in [0.25, 0.3) is 0 Å². The highest BCUT2D eigenvalue weighted by Crippen LogP contribution is 2.41. The molecule has 2 N–H and O–H groups in total. The maximum absolute atomic E-state index is 12.8. The zero-order valence-corrected chi connectivity index (χ0v) is 15.7. The summed E-state index contributed by atoms with van der Waals surface area (Å²) in [5.74, 6) is -1.20. The van der Waals surface area contributed by atoms with Gasteiger partial charge in [-0.3, -0.25) is 0 Å². The molecule has 1 aromatic carbocycles. The molecular formula is C16H20F3NO6S. The maximum atomic E-state index is 12.8. The number of aliphatic hydroxyl groups is 1. The van der Waals surface area contributed by atoms with Gasteiger partial charge in [-0.05, 0) is 32.9 Å². The molecule has 0 saturated heterocycles. The Balaban J connectivity index is 2.26. The van der Waals surface area contributed by atoms with Crippen molar-refractivity contribution < 1.29 is 41.0 Å². The van der Waals surface area contributed by atoms with E-state index in [1.54, 1.807) is 25.5 Å². The molecule has 1 atom stereocenters. The van der Waals surface area contributed by atoms with E-state index in [9.17, 15) is 31.5 Å². The van der Waals surface area contributed by atoms with Gasteiger partial charge in [0.15, 0.2) is 0 Å². The van der Waals surface area contributed by atoms with Gasteiger partial charge in [0.1, 0.15) is 22.7 Å². The normalized spacial score (nSPS) is 20.4. The van der Waals surface area contributed by atoms with Crippen molar-refractivity contribution in [3.05, 3.63) is 29.3 Å². The minimum atomic E-state index is -4.61. The number of carbonyl (C=O) groups is 1. The number of fused-ring (bicyclic) bond motifs is 1.